The molecule has 0 atom stereocenters. The molecular formula is C12H17N7O3. The fraction of sp³-hybridized carbons (Fsp3) is 0.500. The number of aromatic nitrogens is 4. The Labute approximate surface area is 124 Å². The maximum absolute atomic E-state index is 12.1. The highest BCUT2D eigenvalue weighted by atomic mass is 16.2. The molecule has 4 N–H and O–H groups in total. The van der Waals surface area contributed by atoms with Crippen molar-refractivity contribution in [3.05, 3.63) is 20.8 Å². The monoisotopic (exact) mass is 307 g/mol. The van der Waals surface area contributed by atoms with Crippen LogP contribution in [0.3, 0.4) is 0 Å². The number of nitrogens with zero attached hydrogens (tertiary/aromatic N) is 4. The summed E-state index contributed by atoms with van der Waals surface area (Å²) < 4.78 is 2.72. The van der Waals surface area contributed by atoms with E-state index in [1.807, 2.05) is 4.90 Å². The molecule has 10 heteroatoms. The minimum atomic E-state index is -0.580. The summed E-state index contributed by atoms with van der Waals surface area (Å²) in [4.78, 5) is 43.8. The van der Waals surface area contributed by atoms with E-state index in [9.17, 15) is 14.4 Å². The third-order valence-corrected chi connectivity index (χ3v) is 3.70. The Morgan fingerprint density at radius 1 is 1.32 bits per heavy atom. The van der Waals surface area contributed by atoms with Gasteiger partial charge in [-0.15, -0.1) is 0 Å². The van der Waals surface area contributed by atoms with Gasteiger partial charge in [0.25, 0.3) is 5.56 Å². The zero-order chi connectivity index (χ0) is 15.9. The summed E-state index contributed by atoms with van der Waals surface area (Å²) in [5.41, 5.74) is 4.58. The van der Waals surface area contributed by atoms with E-state index in [1.165, 1.54) is 16.2 Å². The van der Waals surface area contributed by atoms with Crippen LogP contribution in [-0.4, -0.2) is 51.2 Å². The summed E-state index contributed by atoms with van der Waals surface area (Å²) >= 11 is 0. The molecular weight excluding hydrogens is 290 g/mol. The van der Waals surface area contributed by atoms with Crippen molar-refractivity contribution in [1.82, 2.24) is 24.4 Å². The fourth-order valence-electron chi connectivity index (χ4n) is 2.63. The first kappa shape index (κ1) is 14.3. The quantitative estimate of drug-likeness (QED) is 0.566. The average molecular weight is 307 g/mol. The molecule has 0 spiro atoms. The van der Waals surface area contributed by atoms with Crippen molar-refractivity contribution in [2.75, 3.05) is 31.1 Å². The van der Waals surface area contributed by atoms with Gasteiger partial charge in [-0.25, -0.2) is 4.79 Å². The van der Waals surface area contributed by atoms with Gasteiger partial charge in [0, 0.05) is 33.2 Å². The van der Waals surface area contributed by atoms with Crippen molar-refractivity contribution >= 4 is 23.0 Å². The summed E-state index contributed by atoms with van der Waals surface area (Å²) in [6.07, 6.45) is 0. The van der Waals surface area contributed by atoms with Gasteiger partial charge >= 0.3 is 5.69 Å². The van der Waals surface area contributed by atoms with Crippen LogP contribution >= 0.6 is 0 Å². The molecule has 3 rings (SSSR count). The van der Waals surface area contributed by atoms with Gasteiger partial charge in [0.1, 0.15) is 6.54 Å². The summed E-state index contributed by atoms with van der Waals surface area (Å²) in [5.74, 6) is -0.106. The topological polar surface area (TPSA) is 131 Å². The van der Waals surface area contributed by atoms with Crippen molar-refractivity contribution in [1.29, 1.82) is 0 Å². The summed E-state index contributed by atoms with van der Waals surface area (Å²) in [6, 6.07) is 0. The van der Waals surface area contributed by atoms with Gasteiger partial charge in [-0.3, -0.25) is 23.7 Å². The highest BCUT2D eigenvalue weighted by molar-refractivity contribution is 5.80. The van der Waals surface area contributed by atoms with Gasteiger partial charge < -0.3 is 16.0 Å². The maximum Gasteiger partial charge on any atom is 0.329 e. The van der Waals surface area contributed by atoms with Crippen molar-refractivity contribution in [2.24, 2.45) is 12.8 Å². The SMILES string of the molecule is Cn1c(=O)[nH]c(=O)c2c1nc(N1CCNCC1)n2CC(N)=O. The third-order valence-electron chi connectivity index (χ3n) is 3.70. The molecule has 2 aromatic heterocycles. The number of nitrogens with one attached hydrogen (secondary N) is 2. The standard InChI is InChI=1S/C12H17N7O3/c1-17-9-8(10(21)16-12(17)22)19(6-7(13)20)11(15-9)18-4-2-14-3-5-18/h14H,2-6H2,1H3,(H2,13,20)(H,16,21,22). The predicted octanol–water partition coefficient (Wildman–Crippen LogP) is -2.68. The van der Waals surface area contributed by atoms with Crippen LogP contribution in [0.5, 0.6) is 0 Å². The lowest BCUT2D eigenvalue weighted by molar-refractivity contribution is -0.118. The number of rotatable bonds is 3. The number of carbonyl (C=O) groups excluding carboxylic acids is 1. The molecule has 0 unspecified atom stereocenters. The van der Waals surface area contributed by atoms with Crippen molar-refractivity contribution in [3.63, 3.8) is 0 Å². The van der Waals surface area contributed by atoms with E-state index in [0.29, 0.717) is 19.0 Å². The Kier molecular flexibility index (Phi) is 3.45. The summed E-state index contributed by atoms with van der Waals surface area (Å²) in [5, 5.41) is 3.22. The Balaban J connectivity index is 2.28. The number of primary amides is 1. The number of hydrogen-bond acceptors (Lipinski definition) is 6. The first-order valence-corrected chi connectivity index (χ1v) is 6.92. The first-order chi connectivity index (χ1) is 10.5. The molecule has 22 heavy (non-hydrogen) atoms. The molecule has 0 bridgehead atoms. The third kappa shape index (κ3) is 2.26. The van der Waals surface area contributed by atoms with Crippen molar-refractivity contribution < 1.29 is 4.79 Å². The number of fused-ring (bicyclic) bond motifs is 1. The molecule has 1 aliphatic heterocycles. The molecule has 3 heterocycles. The molecule has 1 fully saturated rings. The van der Waals surface area contributed by atoms with Crippen LogP contribution in [0.25, 0.3) is 11.2 Å². The first-order valence-electron chi connectivity index (χ1n) is 6.92. The molecule has 0 aliphatic carbocycles. The van der Waals surface area contributed by atoms with Gasteiger partial charge in [-0.05, 0) is 0 Å². The maximum atomic E-state index is 12.1. The average Bonchev–Trinajstić information content (AvgIpc) is 2.85. The van der Waals surface area contributed by atoms with Crippen LogP contribution in [0.15, 0.2) is 9.59 Å². The van der Waals surface area contributed by atoms with Gasteiger partial charge in [0.15, 0.2) is 11.2 Å². The highest BCUT2D eigenvalue weighted by Crippen LogP contribution is 2.19. The lowest BCUT2D eigenvalue weighted by Gasteiger charge is -2.28. The Bertz CT molecular complexity index is 841. The molecule has 1 aliphatic rings. The number of carbonyl (C=O) groups is 1. The molecule has 1 saturated heterocycles. The number of H-pyrrole nitrogens is 1. The van der Waals surface area contributed by atoms with Gasteiger partial charge in [-0.1, -0.05) is 0 Å². The Morgan fingerprint density at radius 2 is 2.00 bits per heavy atom. The highest BCUT2D eigenvalue weighted by Gasteiger charge is 2.23. The summed E-state index contributed by atoms with van der Waals surface area (Å²) in [6.45, 7) is 2.75. The zero-order valence-electron chi connectivity index (χ0n) is 12.1. The fourth-order valence-corrected chi connectivity index (χ4v) is 2.63. The largest absolute Gasteiger partial charge is 0.368 e. The smallest absolute Gasteiger partial charge is 0.329 e. The lowest BCUT2D eigenvalue weighted by atomic mass is 10.4. The molecule has 1 amide bonds. The molecule has 0 aromatic carbocycles. The number of aryl methyl sites for hydroxylation is 1. The normalized spacial score (nSPS) is 15.4. The minimum Gasteiger partial charge on any atom is -0.368 e. The van der Waals surface area contributed by atoms with Crippen molar-refractivity contribution in [2.45, 2.75) is 6.54 Å². The van der Waals surface area contributed by atoms with Crippen LogP contribution in [0.2, 0.25) is 0 Å². The van der Waals surface area contributed by atoms with Crippen LogP contribution in [0.1, 0.15) is 0 Å². The number of anilines is 1. The van der Waals surface area contributed by atoms with E-state index >= 15 is 0 Å². The minimum absolute atomic E-state index is 0.170. The summed E-state index contributed by atoms with van der Waals surface area (Å²) in [7, 11) is 1.52. The Hall–Kier alpha value is -2.62. The van der Waals surface area contributed by atoms with Crippen LogP contribution in [-0.2, 0) is 18.4 Å². The van der Waals surface area contributed by atoms with Gasteiger partial charge in [-0.2, -0.15) is 4.98 Å². The molecule has 0 saturated carbocycles. The second-order valence-corrected chi connectivity index (χ2v) is 5.19. The molecule has 2 aromatic rings. The van der Waals surface area contributed by atoms with E-state index in [0.717, 1.165) is 13.1 Å². The molecule has 0 radical (unpaired) electrons. The van der Waals surface area contributed by atoms with Crippen LogP contribution in [0, 0.1) is 0 Å². The lowest BCUT2D eigenvalue weighted by Crippen LogP contribution is -2.45. The van der Waals surface area contributed by atoms with E-state index < -0.39 is 17.2 Å². The number of amides is 1. The number of imidazole rings is 1. The zero-order valence-corrected chi connectivity index (χ0v) is 12.1. The van der Waals surface area contributed by atoms with Crippen molar-refractivity contribution in [3.8, 4) is 0 Å². The number of aromatic amines is 1. The van der Waals surface area contributed by atoms with Gasteiger partial charge in [0.2, 0.25) is 11.9 Å². The van der Waals surface area contributed by atoms with Crippen LogP contribution < -0.4 is 27.2 Å². The number of nitrogens with two attached hydrogens (primary N) is 1. The van der Waals surface area contributed by atoms with Gasteiger partial charge in [0.05, 0.1) is 0 Å². The number of piperazine rings is 1. The second kappa shape index (κ2) is 5.30. The predicted molar refractivity (Wildman–Crippen MR) is 79.9 cm³/mol. The van der Waals surface area contributed by atoms with Crippen LogP contribution in [0.4, 0.5) is 5.95 Å². The second-order valence-electron chi connectivity index (χ2n) is 5.19. The van der Waals surface area contributed by atoms with E-state index in [2.05, 4.69) is 15.3 Å². The van der Waals surface area contributed by atoms with E-state index in [4.69, 9.17) is 5.73 Å². The van der Waals surface area contributed by atoms with E-state index in [1.54, 1.807) is 0 Å². The Morgan fingerprint density at radius 3 is 2.64 bits per heavy atom. The van der Waals surface area contributed by atoms with E-state index in [-0.39, 0.29) is 17.7 Å². The molecule has 10 nitrogen and oxygen atoms in total. The molecule has 118 valence electrons. The number of hydrogen-bond donors (Lipinski definition) is 3.